The quantitative estimate of drug-likeness (QED) is 0.195. The number of amides is 1. The van der Waals surface area contributed by atoms with E-state index >= 15 is 0 Å². The lowest BCUT2D eigenvalue weighted by molar-refractivity contribution is -0.530. The van der Waals surface area contributed by atoms with Crippen molar-refractivity contribution < 1.29 is 14.7 Å². The van der Waals surface area contributed by atoms with Crippen molar-refractivity contribution in [2.24, 2.45) is 5.28 Å². The fourth-order valence-electron chi connectivity index (χ4n) is 0.150. The van der Waals surface area contributed by atoms with Crippen LogP contribution in [0.5, 0.6) is 0 Å². The summed E-state index contributed by atoms with van der Waals surface area (Å²) < 4.78 is 0. The number of nitrogens with one attached hydrogen (secondary N) is 1. The molecule has 0 saturated heterocycles. The van der Waals surface area contributed by atoms with Crippen LogP contribution in [0.2, 0.25) is 0 Å². The first-order valence-corrected chi connectivity index (χ1v) is 1.83. The molecule has 0 fully saturated rings. The Labute approximate surface area is 53.3 Å². The van der Waals surface area contributed by atoms with E-state index in [-0.39, 0.29) is 0 Å². The highest BCUT2D eigenvalue weighted by molar-refractivity contribution is 5.65. The molecule has 0 heterocycles. The van der Waals surface area contributed by atoms with Crippen molar-refractivity contribution in [3.63, 3.8) is 0 Å². The Morgan fingerprint density at radius 2 is 2.50 bits per heavy atom. The van der Waals surface area contributed by atoms with Crippen molar-refractivity contribution in [3.05, 3.63) is 20.6 Å². The minimum Gasteiger partial charge on any atom is -0.338 e. The first-order valence-electron chi connectivity index (χ1n) is 1.83. The van der Waals surface area contributed by atoms with Gasteiger partial charge in [0.1, 0.15) is 5.28 Å². The van der Waals surface area contributed by atoms with Crippen LogP contribution in [0, 0.1) is 10.1 Å². The van der Waals surface area contributed by atoms with E-state index in [0.717, 1.165) is 5.43 Å². The molecule has 0 spiro atoms. The zero-order chi connectivity index (χ0) is 7.98. The molecule has 0 aromatic heterocycles. The second-order valence-corrected chi connectivity index (χ2v) is 0.919. The Morgan fingerprint density at radius 1 is 1.90 bits per heavy atom. The first-order chi connectivity index (χ1) is 4.66. The Morgan fingerprint density at radius 3 is 2.90 bits per heavy atom. The lowest BCUT2D eigenvalue weighted by Crippen LogP contribution is -2.28. The van der Waals surface area contributed by atoms with Gasteiger partial charge in [0, 0.05) is 4.91 Å². The lowest BCUT2D eigenvalue weighted by Gasteiger charge is -1.88. The van der Waals surface area contributed by atoms with E-state index in [1.165, 1.54) is 0 Å². The minimum absolute atomic E-state index is 1.07. The zero-order valence-corrected chi connectivity index (χ0v) is 4.42. The van der Waals surface area contributed by atoms with Crippen LogP contribution in [0.4, 0.5) is 4.79 Å². The van der Waals surface area contributed by atoms with Crippen LogP contribution in [0.1, 0.15) is 0 Å². The predicted octanol–water partition coefficient (Wildman–Crippen LogP) is 0.130. The maximum atomic E-state index is 9.97. The van der Waals surface area contributed by atoms with Crippen molar-refractivity contribution in [2.45, 2.75) is 0 Å². The van der Waals surface area contributed by atoms with E-state index in [4.69, 9.17) is 5.53 Å². The Balaban J connectivity index is 3.64. The molecular formula is CHN5O4. The summed E-state index contributed by atoms with van der Waals surface area (Å²) in [4.78, 5) is 24.9. The molecule has 0 saturated carbocycles. The SMILES string of the molecule is [N-]=[N+]=NOC(=O)N[N+](=O)[O-]. The summed E-state index contributed by atoms with van der Waals surface area (Å²) in [5.41, 5.74) is 8.61. The number of nitrogens with zero attached hydrogens (tertiary/aromatic N) is 4. The number of hydrogen-bond acceptors (Lipinski definition) is 5. The Kier molecular flexibility index (Phi) is 3.13. The average molecular weight is 147 g/mol. The number of hydrogen-bond donors (Lipinski definition) is 1. The van der Waals surface area contributed by atoms with Crippen molar-refractivity contribution in [1.29, 1.82) is 0 Å². The molecule has 1 N–H and O–H groups in total. The van der Waals surface area contributed by atoms with E-state index in [1.54, 1.807) is 0 Å². The third-order valence-electron chi connectivity index (χ3n) is 0.343. The van der Waals surface area contributed by atoms with Gasteiger partial charge >= 0.3 is 6.09 Å². The molecule has 0 atom stereocenters. The fourth-order valence-corrected chi connectivity index (χ4v) is 0.150. The number of rotatable bonds is 2. The maximum Gasteiger partial charge on any atom is 0.477 e. The van der Waals surface area contributed by atoms with Gasteiger partial charge in [0.05, 0.1) is 0 Å². The average Bonchev–Trinajstić information content (AvgIpc) is 1.82. The predicted molar refractivity (Wildman–Crippen MR) is 25.8 cm³/mol. The molecule has 0 rings (SSSR count). The third-order valence-corrected chi connectivity index (χ3v) is 0.343. The zero-order valence-electron chi connectivity index (χ0n) is 4.42. The fraction of sp³-hybridized carbons (Fsp3) is 0. The molecular weight excluding hydrogens is 146 g/mol. The Bertz CT molecular complexity index is 186. The molecule has 0 unspecified atom stereocenters. The van der Waals surface area contributed by atoms with E-state index in [9.17, 15) is 14.9 Å². The number of nitro groups is 1. The number of azide groups is 1. The summed E-state index contributed by atoms with van der Waals surface area (Å²) in [6.07, 6.45) is -1.44. The third kappa shape index (κ3) is 4.15. The summed E-state index contributed by atoms with van der Waals surface area (Å²) in [7, 11) is 0. The highest BCUT2D eigenvalue weighted by atomic mass is 16.7. The van der Waals surface area contributed by atoms with Gasteiger partial charge in [-0.25, -0.2) is 14.9 Å². The summed E-state index contributed by atoms with van der Waals surface area (Å²) in [5.74, 6) is 0. The highest BCUT2D eigenvalue weighted by Gasteiger charge is 2.05. The van der Waals surface area contributed by atoms with Crippen LogP contribution in [-0.4, -0.2) is 11.1 Å². The smallest absolute Gasteiger partial charge is 0.338 e. The van der Waals surface area contributed by atoms with Gasteiger partial charge in [-0.1, -0.05) is 0 Å². The molecule has 1 amide bonds. The lowest BCUT2D eigenvalue weighted by atomic mass is 11.3. The van der Waals surface area contributed by atoms with Crippen LogP contribution in [0.15, 0.2) is 5.28 Å². The van der Waals surface area contributed by atoms with Gasteiger partial charge in [0.15, 0.2) is 5.03 Å². The van der Waals surface area contributed by atoms with E-state index < -0.39 is 11.1 Å². The maximum absolute atomic E-state index is 9.97. The summed E-state index contributed by atoms with van der Waals surface area (Å²) in [6, 6.07) is 0. The van der Waals surface area contributed by atoms with Gasteiger partial charge in [-0.05, 0) is 11.0 Å². The molecule has 0 bridgehead atoms. The highest BCUT2D eigenvalue weighted by Crippen LogP contribution is 1.77. The first kappa shape index (κ1) is 7.98. The second kappa shape index (κ2) is 3.92. The van der Waals surface area contributed by atoms with Gasteiger partial charge in [0.2, 0.25) is 0 Å². The molecule has 0 aliphatic rings. The number of carbonyl (C=O) groups excluding carboxylic acids is 1. The van der Waals surface area contributed by atoms with Crippen molar-refractivity contribution in [3.8, 4) is 0 Å². The van der Waals surface area contributed by atoms with E-state index in [2.05, 4.69) is 10.1 Å². The number of carbonyl (C=O) groups is 1. The molecule has 9 nitrogen and oxygen atoms in total. The van der Waals surface area contributed by atoms with Crippen molar-refractivity contribution in [2.75, 3.05) is 0 Å². The van der Waals surface area contributed by atoms with Crippen LogP contribution in [0.3, 0.4) is 0 Å². The molecule has 0 aliphatic carbocycles. The molecule has 0 aromatic rings. The normalized spacial score (nSPS) is 7.20. The molecule has 10 heavy (non-hydrogen) atoms. The Hall–Kier alpha value is -2.02. The van der Waals surface area contributed by atoms with Crippen LogP contribution >= 0.6 is 0 Å². The van der Waals surface area contributed by atoms with Crippen LogP contribution in [-0.2, 0) is 4.84 Å². The van der Waals surface area contributed by atoms with Crippen LogP contribution < -0.4 is 5.43 Å². The number of hydrazine groups is 1. The van der Waals surface area contributed by atoms with Gasteiger partial charge in [-0.3, -0.25) is 0 Å². The van der Waals surface area contributed by atoms with Gasteiger partial charge in [-0.2, -0.15) is 0 Å². The summed E-state index contributed by atoms with van der Waals surface area (Å²) in [5, 5.41) is 10.6. The van der Waals surface area contributed by atoms with Crippen molar-refractivity contribution >= 4 is 6.09 Å². The molecule has 54 valence electrons. The molecule has 0 aromatic carbocycles. The molecule has 0 radical (unpaired) electrons. The van der Waals surface area contributed by atoms with Gasteiger partial charge in [0.25, 0.3) is 0 Å². The van der Waals surface area contributed by atoms with Crippen LogP contribution in [0.25, 0.3) is 10.4 Å². The summed E-state index contributed by atoms with van der Waals surface area (Å²) in [6.45, 7) is 0. The second-order valence-electron chi connectivity index (χ2n) is 0.919. The van der Waals surface area contributed by atoms with E-state index in [1.807, 2.05) is 4.91 Å². The largest absolute Gasteiger partial charge is 0.477 e. The van der Waals surface area contributed by atoms with Gasteiger partial charge in [-0.15, -0.1) is 0 Å². The van der Waals surface area contributed by atoms with E-state index in [0.29, 0.717) is 0 Å². The topological polar surface area (TPSA) is 130 Å². The summed E-state index contributed by atoms with van der Waals surface area (Å²) >= 11 is 0. The van der Waals surface area contributed by atoms with Crippen molar-refractivity contribution in [1.82, 2.24) is 5.43 Å². The van der Waals surface area contributed by atoms with Gasteiger partial charge < -0.3 is 4.84 Å². The molecule has 9 heteroatoms. The molecule has 0 aliphatic heterocycles. The standard InChI is InChI=1S/CHN5O4/c2-4-5-10-1(7)3-6(8)9/h(H,3,7). The minimum atomic E-state index is -1.44. The monoisotopic (exact) mass is 147 g/mol.